The van der Waals surface area contributed by atoms with E-state index >= 15 is 0 Å². The molecular weight excluding hydrogens is 956 g/mol. The zero-order valence-corrected chi connectivity index (χ0v) is 41.2. The van der Waals surface area contributed by atoms with Crippen molar-refractivity contribution in [2.45, 2.75) is 0 Å². The summed E-state index contributed by atoms with van der Waals surface area (Å²) in [5.41, 5.74) is 6.87. The molecule has 5 aromatic rings. The second-order valence-electron chi connectivity index (χ2n) is 10.9. The molecule has 7 rings (SSSR count). The topological polar surface area (TPSA) is 108 Å². The zero-order chi connectivity index (χ0) is 32.5. The van der Waals surface area contributed by atoms with E-state index in [1.165, 1.54) is 0 Å². The summed E-state index contributed by atoms with van der Waals surface area (Å²) in [6.07, 6.45) is 0. The minimum absolute atomic E-state index is 0. The molecule has 0 amide bonds. The zero-order valence-electron chi connectivity index (χ0n) is 29.8. The third-order valence-corrected chi connectivity index (χ3v) is 8.07. The van der Waals surface area contributed by atoms with Crippen molar-refractivity contribution >= 4 is 51.6 Å². The first-order valence-corrected chi connectivity index (χ1v) is 14.6. The molecule has 0 atom stereocenters. The first-order valence-electron chi connectivity index (χ1n) is 14.6. The van der Waals surface area contributed by atoms with Gasteiger partial charge in [-0.15, -0.1) is 12.1 Å². The molecule has 0 aliphatic heterocycles. The monoisotopic (exact) mass is 992 g/mol. The van der Waals surface area contributed by atoms with Gasteiger partial charge in [0.1, 0.15) is 0 Å². The number of benzene rings is 5. The molecule has 0 spiro atoms. The smallest absolute Gasteiger partial charge is 0.196 e. The molecular formula is C40H36N4O4Y4-4. The minimum atomic E-state index is -0.154. The van der Waals surface area contributed by atoms with Gasteiger partial charge in [-0.2, -0.15) is 18.2 Å². The van der Waals surface area contributed by atoms with Gasteiger partial charge in [-0.05, 0) is 24.3 Å². The molecule has 52 heavy (non-hydrogen) atoms. The maximum atomic E-state index is 13.2. The van der Waals surface area contributed by atoms with Crippen LogP contribution in [0.1, 0.15) is 63.7 Å². The number of hydrogen-bond donors (Lipinski definition) is 3. The summed E-state index contributed by atoms with van der Waals surface area (Å²) in [7, 11) is 9.07. The van der Waals surface area contributed by atoms with E-state index in [1.807, 2.05) is 43.3 Å². The minimum Gasteiger partial charge on any atom is -0.537 e. The van der Waals surface area contributed by atoms with Gasteiger partial charge in [0.2, 0.25) is 0 Å². The summed E-state index contributed by atoms with van der Waals surface area (Å²) in [6, 6.07) is 31.4. The van der Waals surface area contributed by atoms with E-state index in [0.29, 0.717) is 61.6 Å². The van der Waals surface area contributed by atoms with Crippen molar-refractivity contribution in [2.75, 3.05) is 42.0 Å². The largest absolute Gasteiger partial charge is 0.537 e. The van der Waals surface area contributed by atoms with Crippen LogP contribution >= 0.6 is 0 Å². The van der Waals surface area contributed by atoms with Crippen molar-refractivity contribution in [2.24, 2.45) is 0 Å². The Morgan fingerprint density at radius 2 is 0.923 bits per heavy atom. The van der Waals surface area contributed by atoms with Crippen LogP contribution < -0.4 is 20.9 Å². The van der Waals surface area contributed by atoms with E-state index in [-0.39, 0.29) is 169 Å². The van der Waals surface area contributed by atoms with Gasteiger partial charge in [-0.3, -0.25) is 26.2 Å². The Morgan fingerprint density at radius 1 is 0.538 bits per heavy atom. The van der Waals surface area contributed by atoms with Crippen molar-refractivity contribution in [3.63, 3.8) is 0 Å². The summed E-state index contributed by atoms with van der Waals surface area (Å²) in [5, 5.41) is 8.97. The molecule has 3 N–H and O–H groups in total. The molecule has 256 valence electrons. The number of hydrogen-bond acceptors (Lipinski definition) is 8. The van der Waals surface area contributed by atoms with E-state index in [9.17, 15) is 19.2 Å². The van der Waals surface area contributed by atoms with Gasteiger partial charge < -0.3 is 35.7 Å². The van der Waals surface area contributed by atoms with Gasteiger partial charge in [-0.25, -0.2) is 0 Å². The molecule has 4 radical (unpaired) electrons. The Hall–Kier alpha value is -1.60. The summed E-state index contributed by atoms with van der Waals surface area (Å²) in [6.45, 7) is 0. The van der Waals surface area contributed by atoms with Crippen molar-refractivity contribution in [1.82, 2.24) is 0 Å². The second kappa shape index (κ2) is 22.1. The molecule has 0 aromatic heterocycles. The maximum Gasteiger partial charge on any atom is 0.196 e. The van der Waals surface area contributed by atoms with Crippen molar-refractivity contribution in [3.05, 3.63) is 170 Å². The van der Waals surface area contributed by atoms with Crippen LogP contribution in [0.4, 0.5) is 28.4 Å². The molecule has 5 aromatic carbocycles. The first kappa shape index (κ1) is 50.4. The fourth-order valence-electron chi connectivity index (χ4n) is 5.89. The molecule has 12 heteroatoms. The van der Waals surface area contributed by atoms with E-state index in [1.54, 1.807) is 79.8 Å². The van der Waals surface area contributed by atoms with Crippen molar-refractivity contribution in [3.8, 4) is 0 Å². The molecule has 0 heterocycles. The fourth-order valence-corrected chi connectivity index (χ4v) is 5.89. The Bertz CT molecular complexity index is 2010. The molecule has 2 aliphatic carbocycles. The number of anilines is 5. The summed E-state index contributed by atoms with van der Waals surface area (Å²) in [5.74, 6) is -0.553. The quantitative estimate of drug-likeness (QED) is 0.151. The Balaban J connectivity index is 0.000000919. The maximum absolute atomic E-state index is 13.2. The van der Waals surface area contributed by atoms with Crippen LogP contribution in [0.25, 0.3) is 0 Å². The van der Waals surface area contributed by atoms with Crippen LogP contribution in [0, 0.1) is 28.0 Å². The second-order valence-corrected chi connectivity index (χ2v) is 10.9. The molecule has 2 aliphatic rings. The standard InChI is InChI=1S/C22H17N2O2.C16H13N2O2.2CH3.4Y/c1-24(2)18-13-12-17(23-14-8-4-3-5-9-14)19-20(18)22(26)16-11-7-6-10-15(16)21(19)25;1-17-11-7-8-12(18-2)14-13(11)15(19)9-5-3-4-6-10(9)16(14)20;;;;;;/h4-13,23H,1-2H3;3-8,17-18H,1H2,2H3;2*1H3;;;;/q4*-1;;;;. The first-order chi connectivity index (χ1) is 22.3. The molecule has 0 unspecified atom stereocenters. The van der Waals surface area contributed by atoms with Crippen molar-refractivity contribution in [1.29, 1.82) is 0 Å². The Kier molecular flexibility index (Phi) is 21.4. The van der Waals surface area contributed by atoms with Gasteiger partial charge in [0.25, 0.3) is 0 Å². The van der Waals surface area contributed by atoms with Gasteiger partial charge in [-0.1, -0.05) is 54.2 Å². The predicted octanol–water partition coefficient (Wildman–Crippen LogP) is 7.67. The number of fused-ring (bicyclic) bond motifs is 4. The van der Waals surface area contributed by atoms with Gasteiger partial charge in [0.15, 0.2) is 23.1 Å². The van der Waals surface area contributed by atoms with Gasteiger partial charge >= 0.3 is 0 Å². The molecule has 0 saturated carbocycles. The van der Waals surface area contributed by atoms with E-state index in [4.69, 9.17) is 0 Å². The van der Waals surface area contributed by atoms with Crippen LogP contribution in [0.2, 0.25) is 0 Å². The summed E-state index contributed by atoms with van der Waals surface area (Å²) < 4.78 is 0. The normalized spacial score (nSPS) is 11.1. The van der Waals surface area contributed by atoms with Crippen LogP contribution in [-0.4, -0.2) is 44.3 Å². The summed E-state index contributed by atoms with van der Waals surface area (Å²) in [4.78, 5) is 53.6. The number of carbonyl (C=O) groups is 4. The predicted molar refractivity (Wildman–Crippen MR) is 194 cm³/mol. The average Bonchev–Trinajstić information content (AvgIpc) is 3.09. The number of nitrogens with zero attached hydrogens (tertiary/aromatic N) is 1. The SMILES string of the molecule is CN(C)c1ccc(Nc2cc[c-]cc2)c2c1C(=O)c1ccccc1C2=O.[CH2-]Nc1ccc(NC)c2c1C(=O)c1ccccc1C2=O.[CH3-].[CH3-].[Y].[Y].[Y].[Y]. The fraction of sp³-hybridized carbons (Fsp3) is 0.0750. The molecule has 8 nitrogen and oxygen atoms in total. The van der Waals surface area contributed by atoms with E-state index in [2.05, 4.69) is 29.1 Å². The molecule has 0 saturated heterocycles. The van der Waals surface area contributed by atoms with E-state index < -0.39 is 0 Å². The van der Waals surface area contributed by atoms with E-state index in [0.717, 1.165) is 11.4 Å². The van der Waals surface area contributed by atoms with Crippen LogP contribution in [0.15, 0.2) is 97.1 Å². The van der Waals surface area contributed by atoms with Crippen LogP contribution in [-0.2, 0) is 131 Å². The van der Waals surface area contributed by atoms with Gasteiger partial charge in [0.05, 0.1) is 22.3 Å². The number of ketones is 4. The molecule has 0 fully saturated rings. The summed E-state index contributed by atoms with van der Waals surface area (Å²) >= 11 is 0. The van der Waals surface area contributed by atoms with Crippen LogP contribution in [0.5, 0.6) is 0 Å². The number of nitrogens with one attached hydrogen (secondary N) is 3. The third kappa shape index (κ3) is 9.60. The Labute approximate surface area is 407 Å². The number of rotatable bonds is 5. The Morgan fingerprint density at radius 3 is 1.35 bits per heavy atom. The van der Waals surface area contributed by atoms with Crippen LogP contribution in [0.3, 0.4) is 0 Å². The number of carbonyl (C=O) groups excluding carboxylic acids is 4. The molecule has 0 bridgehead atoms. The van der Waals surface area contributed by atoms with Crippen molar-refractivity contribution < 1.29 is 150 Å². The third-order valence-electron chi connectivity index (χ3n) is 8.07. The average molecular weight is 992 g/mol. The van der Waals surface area contributed by atoms with Gasteiger partial charge in [0, 0.05) is 197 Å².